The fraction of sp³-hybridized carbons (Fsp3) is 0.375. The number of rotatable bonds is 4. The average Bonchev–Trinajstić information content (AvgIpc) is 2.82. The average molecular weight is 272 g/mol. The molecule has 0 fully saturated rings. The first-order valence-corrected chi connectivity index (χ1v) is 6.85. The molecule has 0 saturated heterocycles. The molecular weight excluding hydrogens is 252 g/mol. The van der Waals surface area contributed by atoms with Gasteiger partial charge in [0.2, 0.25) is 0 Å². The molecule has 20 heavy (non-hydrogen) atoms. The van der Waals surface area contributed by atoms with Crippen LogP contribution in [-0.2, 0) is 9.53 Å². The minimum Gasteiger partial charge on any atom is -0.463 e. The zero-order valence-electron chi connectivity index (χ0n) is 12.2. The van der Waals surface area contributed by atoms with Crippen LogP contribution in [0.1, 0.15) is 38.8 Å². The highest BCUT2D eigenvalue weighted by molar-refractivity contribution is 5.85. The molecule has 0 spiro atoms. The lowest BCUT2D eigenvalue weighted by Crippen LogP contribution is -2.18. The third-order valence-corrected chi connectivity index (χ3v) is 3.22. The summed E-state index contributed by atoms with van der Waals surface area (Å²) in [7, 11) is 0. The summed E-state index contributed by atoms with van der Waals surface area (Å²) >= 11 is 0. The lowest BCUT2D eigenvalue weighted by Gasteiger charge is -2.24. The number of carbonyl (C=O) groups excluding carboxylic acids is 1. The lowest BCUT2D eigenvalue weighted by molar-refractivity contribution is -0.137. The first kappa shape index (κ1) is 14.3. The van der Waals surface area contributed by atoms with Crippen molar-refractivity contribution in [3.63, 3.8) is 0 Å². The quantitative estimate of drug-likeness (QED) is 0.624. The van der Waals surface area contributed by atoms with Crippen molar-refractivity contribution in [2.24, 2.45) is 5.10 Å². The summed E-state index contributed by atoms with van der Waals surface area (Å²) in [6.07, 6.45) is 2.37. The third-order valence-electron chi connectivity index (χ3n) is 3.22. The van der Waals surface area contributed by atoms with Crippen molar-refractivity contribution in [1.82, 2.24) is 5.01 Å². The second kappa shape index (κ2) is 6.37. The Kier molecular flexibility index (Phi) is 4.56. The molecule has 1 aromatic carbocycles. The topological polar surface area (TPSA) is 41.9 Å². The Morgan fingerprint density at radius 2 is 2.15 bits per heavy atom. The van der Waals surface area contributed by atoms with Gasteiger partial charge in [-0.1, -0.05) is 30.3 Å². The molecule has 1 aliphatic heterocycles. The zero-order valence-corrected chi connectivity index (χ0v) is 12.2. The molecule has 0 N–H and O–H groups in total. The van der Waals surface area contributed by atoms with Gasteiger partial charge in [-0.15, -0.1) is 0 Å². The fourth-order valence-corrected chi connectivity index (χ4v) is 2.34. The van der Waals surface area contributed by atoms with E-state index in [2.05, 4.69) is 17.2 Å². The van der Waals surface area contributed by atoms with E-state index in [1.807, 2.05) is 37.1 Å². The van der Waals surface area contributed by atoms with Crippen LogP contribution in [0.3, 0.4) is 0 Å². The summed E-state index contributed by atoms with van der Waals surface area (Å²) in [5, 5.41) is 6.44. The van der Waals surface area contributed by atoms with Gasteiger partial charge in [0.05, 0.1) is 12.6 Å². The van der Waals surface area contributed by atoms with Crippen molar-refractivity contribution in [3.8, 4) is 0 Å². The number of ether oxygens (including phenoxy) is 1. The predicted octanol–water partition coefficient (Wildman–Crippen LogP) is 3.28. The normalized spacial score (nSPS) is 18.9. The van der Waals surface area contributed by atoms with Crippen LogP contribution in [0, 0.1) is 0 Å². The van der Waals surface area contributed by atoms with Gasteiger partial charge in [0.1, 0.15) is 0 Å². The molecule has 1 atom stereocenters. The minimum atomic E-state index is -0.323. The lowest BCUT2D eigenvalue weighted by atomic mass is 10.0. The van der Waals surface area contributed by atoms with Gasteiger partial charge < -0.3 is 4.74 Å². The summed E-state index contributed by atoms with van der Waals surface area (Å²) in [4.78, 5) is 11.6. The van der Waals surface area contributed by atoms with Crippen molar-refractivity contribution in [3.05, 3.63) is 47.7 Å². The van der Waals surface area contributed by atoms with Crippen LogP contribution >= 0.6 is 0 Å². The molecule has 0 bridgehead atoms. The number of esters is 1. The minimum absolute atomic E-state index is 0.155. The molecule has 2 rings (SSSR count). The van der Waals surface area contributed by atoms with Crippen LogP contribution < -0.4 is 0 Å². The summed E-state index contributed by atoms with van der Waals surface area (Å²) < 4.78 is 4.95. The highest BCUT2D eigenvalue weighted by atomic mass is 16.5. The smallest absolute Gasteiger partial charge is 0.332 e. The molecule has 106 valence electrons. The molecule has 0 radical (unpaired) electrons. The maximum absolute atomic E-state index is 11.6. The van der Waals surface area contributed by atoms with Crippen LogP contribution in [0.5, 0.6) is 0 Å². The van der Waals surface area contributed by atoms with Crippen molar-refractivity contribution in [2.45, 2.75) is 33.2 Å². The monoisotopic (exact) mass is 272 g/mol. The SMILES string of the molecule is CCOC(=O)/C=C(\C)N1N=C(C)CC1c1ccccc1. The number of nitrogens with zero attached hydrogens (tertiary/aromatic N) is 2. The summed E-state index contributed by atoms with van der Waals surface area (Å²) in [5.74, 6) is -0.323. The van der Waals surface area contributed by atoms with E-state index in [4.69, 9.17) is 4.74 Å². The highest BCUT2D eigenvalue weighted by Crippen LogP contribution is 2.33. The van der Waals surface area contributed by atoms with E-state index in [9.17, 15) is 4.79 Å². The second-order valence-electron chi connectivity index (χ2n) is 4.85. The molecule has 4 nitrogen and oxygen atoms in total. The van der Waals surface area contributed by atoms with Crippen molar-refractivity contribution < 1.29 is 9.53 Å². The number of benzene rings is 1. The van der Waals surface area contributed by atoms with Gasteiger partial charge in [0.25, 0.3) is 0 Å². The van der Waals surface area contributed by atoms with Crippen LogP contribution in [0.4, 0.5) is 0 Å². The molecule has 0 amide bonds. The zero-order chi connectivity index (χ0) is 14.5. The van der Waals surface area contributed by atoms with Gasteiger partial charge in [-0.05, 0) is 26.3 Å². The van der Waals surface area contributed by atoms with Crippen LogP contribution in [-0.4, -0.2) is 23.3 Å². The molecule has 1 aliphatic rings. The Labute approximate surface area is 119 Å². The first-order valence-electron chi connectivity index (χ1n) is 6.85. The molecule has 1 heterocycles. The Balaban J connectivity index is 2.21. The molecule has 0 aliphatic carbocycles. The largest absolute Gasteiger partial charge is 0.463 e. The third kappa shape index (κ3) is 3.26. The van der Waals surface area contributed by atoms with E-state index >= 15 is 0 Å². The number of allylic oxidation sites excluding steroid dienone is 1. The fourth-order valence-electron chi connectivity index (χ4n) is 2.34. The Hall–Kier alpha value is -2.10. The van der Waals surface area contributed by atoms with E-state index in [-0.39, 0.29) is 12.0 Å². The van der Waals surface area contributed by atoms with E-state index in [1.54, 1.807) is 6.92 Å². The number of carbonyl (C=O) groups is 1. The van der Waals surface area contributed by atoms with Crippen LogP contribution in [0.25, 0.3) is 0 Å². The van der Waals surface area contributed by atoms with Crippen LogP contribution in [0.2, 0.25) is 0 Å². The molecule has 1 unspecified atom stereocenters. The van der Waals surface area contributed by atoms with Gasteiger partial charge in [-0.2, -0.15) is 5.10 Å². The number of hydrogen-bond acceptors (Lipinski definition) is 4. The molecule has 0 aromatic heterocycles. The van der Waals surface area contributed by atoms with Gasteiger partial charge in [0.15, 0.2) is 0 Å². The van der Waals surface area contributed by atoms with E-state index in [0.29, 0.717) is 6.61 Å². The van der Waals surface area contributed by atoms with E-state index < -0.39 is 0 Å². The summed E-state index contributed by atoms with van der Waals surface area (Å²) in [6, 6.07) is 10.4. The van der Waals surface area contributed by atoms with Gasteiger partial charge in [0, 0.05) is 23.9 Å². The molecular formula is C16H20N2O2. The van der Waals surface area contributed by atoms with Gasteiger partial charge in [-0.25, -0.2) is 4.79 Å². The van der Waals surface area contributed by atoms with Crippen LogP contribution in [0.15, 0.2) is 47.2 Å². The van der Waals surface area contributed by atoms with Gasteiger partial charge >= 0.3 is 5.97 Å². The summed E-state index contributed by atoms with van der Waals surface area (Å²) in [6.45, 7) is 6.07. The second-order valence-corrected chi connectivity index (χ2v) is 4.85. The van der Waals surface area contributed by atoms with E-state index in [0.717, 1.165) is 17.8 Å². The molecule has 1 aromatic rings. The number of hydrazone groups is 1. The first-order chi connectivity index (χ1) is 9.61. The van der Waals surface area contributed by atoms with E-state index in [1.165, 1.54) is 11.6 Å². The number of hydrogen-bond donors (Lipinski definition) is 0. The predicted molar refractivity (Wildman–Crippen MR) is 79.1 cm³/mol. The Morgan fingerprint density at radius 3 is 2.80 bits per heavy atom. The standard InChI is InChI=1S/C16H20N2O2/c1-4-20-16(19)11-13(3)18-15(10-12(2)17-18)14-8-6-5-7-9-14/h5-9,11,15H,4,10H2,1-3H3/b13-11+. The Morgan fingerprint density at radius 1 is 1.45 bits per heavy atom. The van der Waals surface area contributed by atoms with Crippen molar-refractivity contribution >= 4 is 11.7 Å². The highest BCUT2D eigenvalue weighted by Gasteiger charge is 2.27. The summed E-state index contributed by atoms with van der Waals surface area (Å²) in [5.41, 5.74) is 3.06. The van der Waals surface area contributed by atoms with Crippen molar-refractivity contribution in [1.29, 1.82) is 0 Å². The molecule has 4 heteroatoms. The maximum Gasteiger partial charge on any atom is 0.332 e. The molecule has 0 saturated carbocycles. The Bertz CT molecular complexity index is 535. The van der Waals surface area contributed by atoms with Crippen molar-refractivity contribution in [2.75, 3.05) is 6.61 Å². The maximum atomic E-state index is 11.6. The van der Waals surface area contributed by atoms with Gasteiger partial charge in [-0.3, -0.25) is 5.01 Å².